The van der Waals surface area contributed by atoms with Crippen LogP contribution in [0, 0.1) is 0 Å². The quantitative estimate of drug-likeness (QED) is 0.868. The van der Waals surface area contributed by atoms with Crippen molar-refractivity contribution in [3.05, 3.63) is 24.0 Å². The Morgan fingerprint density at radius 3 is 2.89 bits per heavy atom. The normalized spacial score (nSPS) is 15.5. The summed E-state index contributed by atoms with van der Waals surface area (Å²) in [6.07, 6.45) is 4.22. The van der Waals surface area contributed by atoms with Crippen LogP contribution in [0.15, 0.2) is 18.3 Å². The third kappa shape index (κ3) is 3.67. The zero-order valence-electron chi connectivity index (χ0n) is 11.7. The number of pyridine rings is 1. The van der Waals surface area contributed by atoms with E-state index in [-0.39, 0.29) is 5.91 Å². The molecule has 5 nitrogen and oxygen atoms in total. The maximum absolute atomic E-state index is 12.2. The first-order chi connectivity index (χ1) is 9.20. The van der Waals surface area contributed by atoms with Gasteiger partial charge in [-0.15, -0.1) is 0 Å². The minimum Gasteiger partial charge on any atom is -0.388 e. The fraction of sp³-hybridized carbons (Fsp3) is 0.571. The van der Waals surface area contributed by atoms with E-state index >= 15 is 0 Å². The Balaban J connectivity index is 1.90. The number of aromatic nitrogens is 1. The number of rotatable bonds is 5. The lowest BCUT2D eigenvalue weighted by molar-refractivity contribution is 0.0776. The van der Waals surface area contributed by atoms with E-state index in [1.807, 2.05) is 20.2 Å². The number of likely N-dealkylation sites (N-methyl/N-ethyl adjacent to an activating group) is 1. The van der Waals surface area contributed by atoms with Gasteiger partial charge in [0.1, 0.15) is 5.69 Å². The van der Waals surface area contributed by atoms with Crippen LogP contribution in [-0.2, 0) is 0 Å². The molecule has 0 aliphatic carbocycles. The van der Waals surface area contributed by atoms with Crippen LogP contribution < -0.4 is 5.32 Å². The Hall–Kier alpha value is -1.62. The largest absolute Gasteiger partial charge is 0.388 e. The number of hydrogen-bond donors (Lipinski definition) is 1. The van der Waals surface area contributed by atoms with Gasteiger partial charge >= 0.3 is 0 Å². The van der Waals surface area contributed by atoms with Gasteiger partial charge in [-0.25, -0.2) is 0 Å². The molecule has 0 unspecified atom stereocenters. The molecule has 0 spiro atoms. The summed E-state index contributed by atoms with van der Waals surface area (Å²) >= 11 is 0. The topological polar surface area (TPSA) is 48.5 Å². The van der Waals surface area contributed by atoms with Gasteiger partial charge in [0.15, 0.2) is 0 Å². The van der Waals surface area contributed by atoms with E-state index in [1.165, 1.54) is 12.8 Å². The number of anilines is 1. The van der Waals surface area contributed by atoms with Crippen molar-refractivity contribution in [2.45, 2.75) is 12.8 Å². The number of carbonyl (C=O) groups excluding carboxylic acids is 1. The van der Waals surface area contributed by atoms with Gasteiger partial charge < -0.3 is 15.1 Å². The number of likely N-dealkylation sites (tertiary alicyclic amines) is 1. The standard InChI is InChI=1S/C14H22N4O/c1-15-12-5-6-16-13(11-12)14(19)17(2)9-10-18-7-3-4-8-18/h5-6,11H,3-4,7-10H2,1-2H3,(H,15,16). The predicted octanol–water partition coefficient (Wildman–Crippen LogP) is 1.29. The van der Waals surface area contributed by atoms with E-state index in [0.717, 1.165) is 31.9 Å². The average Bonchev–Trinajstić information content (AvgIpc) is 2.97. The average molecular weight is 262 g/mol. The van der Waals surface area contributed by atoms with Gasteiger partial charge in [-0.3, -0.25) is 9.78 Å². The summed E-state index contributed by atoms with van der Waals surface area (Å²) in [6.45, 7) is 4.03. The Labute approximate surface area is 114 Å². The molecule has 1 aliphatic rings. The fourth-order valence-corrected chi connectivity index (χ4v) is 2.30. The molecule has 0 aromatic carbocycles. The van der Waals surface area contributed by atoms with Crippen LogP contribution in [0.1, 0.15) is 23.3 Å². The molecule has 1 N–H and O–H groups in total. The molecule has 0 bridgehead atoms. The van der Waals surface area contributed by atoms with Gasteiger partial charge in [0.25, 0.3) is 5.91 Å². The molecule has 1 fully saturated rings. The maximum atomic E-state index is 12.2. The predicted molar refractivity (Wildman–Crippen MR) is 76.4 cm³/mol. The lowest BCUT2D eigenvalue weighted by Crippen LogP contribution is -2.35. The summed E-state index contributed by atoms with van der Waals surface area (Å²) in [5, 5.41) is 3.02. The minimum atomic E-state index is -0.0173. The molecular formula is C14H22N4O. The van der Waals surface area contributed by atoms with E-state index < -0.39 is 0 Å². The Bertz CT molecular complexity index is 429. The van der Waals surface area contributed by atoms with E-state index in [4.69, 9.17) is 0 Å². The molecule has 19 heavy (non-hydrogen) atoms. The van der Waals surface area contributed by atoms with Crippen molar-refractivity contribution >= 4 is 11.6 Å². The van der Waals surface area contributed by atoms with Crippen molar-refractivity contribution in [3.63, 3.8) is 0 Å². The molecule has 0 radical (unpaired) electrons. The van der Waals surface area contributed by atoms with E-state index in [0.29, 0.717) is 5.69 Å². The fourth-order valence-electron chi connectivity index (χ4n) is 2.30. The van der Waals surface area contributed by atoms with Gasteiger partial charge in [0.2, 0.25) is 0 Å². The Morgan fingerprint density at radius 2 is 2.21 bits per heavy atom. The van der Waals surface area contributed by atoms with Gasteiger partial charge in [0.05, 0.1) is 0 Å². The summed E-state index contributed by atoms with van der Waals surface area (Å²) in [6, 6.07) is 3.63. The molecule has 1 amide bonds. The van der Waals surface area contributed by atoms with Crippen LogP contribution in [-0.4, -0.2) is 61.0 Å². The van der Waals surface area contributed by atoms with Gasteiger partial charge in [0, 0.05) is 39.1 Å². The Morgan fingerprint density at radius 1 is 1.47 bits per heavy atom. The first-order valence-corrected chi connectivity index (χ1v) is 6.82. The molecule has 1 aromatic rings. The second-order valence-corrected chi connectivity index (χ2v) is 4.96. The zero-order chi connectivity index (χ0) is 13.7. The summed E-state index contributed by atoms with van der Waals surface area (Å²) in [5.74, 6) is -0.0173. The number of amides is 1. The smallest absolute Gasteiger partial charge is 0.272 e. The van der Waals surface area contributed by atoms with Gasteiger partial charge in [-0.1, -0.05) is 0 Å². The highest BCUT2D eigenvalue weighted by Crippen LogP contribution is 2.10. The van der Waals surface area contributed by atoms with Crippen LogP contribution in [0.5, 0.6) is 0 Å². The Kier molecular flexibility index (Phi) is 4.74. The van der Waals surface area contributed by atoms with E-state index in [9.17, 15) is 4.79 Å². The number of nitrogens with one attached hydrogen (secondary N) is 1. The van der Waals surface area contributed by atoms with Crippen LogP contribution >= 0.6 is 0 Å². The van der Waals surface area contributed by atoms with Crippen molar-refractivity contribution in [2.24, 2.45) is 0 Å². The van der Waals surface area contributed by atoms with Crippen molar-refractivity contribution in [1.29, 1.82) is 0 Å². The molecule has 1 saturated heterocycles. The van der Waals surface area contributed by atoms with Crippen molar-refractivity contribution in [2.75, 3.05) is 45.6 Å². The highest BCUT2D eigenvalue weighted by molar-refractivity contribution is 5.92. The highest BCUT2D eigenvalue weighted by Gasteiger charge is 2.16. The summed E-state index contributed by atoms with van der Waals surface area (Å²) in [7, 11) is 3.67. The number of nitrogens with zero attached hydrogens (tertiary/aromatic N) is 3. The van der Waals surface area contributed by atoms with E-state index in [1.54, 1.807) is 17.2 Å². The molecule has 2 heterocycles. The third-order valence-electron chi connectivity index (χ3n) is 3.56. The highest BCUT2D eigenvalue weighted by atomic mass is 16.2. The molecule has 1 aromatic heterocycles. The van der Waals surface area contributed by atoms with Crippen LogP contribution in [0.4, 0.5) is 5.69 Å². The first kappa shape index (κ1) is 13.8. The summed E-state index contributed by atoms with van der Waals surface area (Å²) in [5.41, 5.74) is 1.40. The lowest BCUT2D eigenvalue weighted by Gasteiger charge is -2.21. The third-order valence-corrected chi connectivity index (χ3v) is 3.56. The second kappa shape index (κ2) is 6.52. The molecule has 5 heteroatoms. The summed E-state index contributed by atoms with van der Waals surface area (Å²) < 4.78 is 0. The molecule has 0 saturated carbocycles. The molecular weight excluding hydrogens is 240 g/mol. The minimum absolute atomic E-state index is 0.0173. The number of hydrogen-bond acceptors (Lipinski definition) is 4. The van der Waals surface area contributed by atoms with Crippen LogP contribution in [0.2, 0.25) is 0 Å². The summed E-state index contributed by atoms with van der Waals surface area (Å²) in [4.78, 5) is 20.5. The van der Waals surface area contributed by atoms with E-state index in [2.05, 4.69) is 15.2 Å². The molecule has 1 aliphatic heterocycles. The lowest BCUT2D eigenvalue weighted by atomic mass is 10.3. The first-order valence-electron chi connectivity index (χ1n) is 6.82. The zero-order valence-corrected chi connectivity index (χ0v) is 11.7. The molecule has 2 rings (SSSR count). The SMILES string of the molecule is CNc1ccnc(C(=O)N(C)CCN2CCCC2)c1. The van der Waals surface area contributed by atoms with Crippen molar-refractivity contribution in [1.82, 2.24) is 14.8 Å². The van der Waals surface area contributed by atoms with Crippen LogP contribution in [0.3, 0.4) is 0 Å². The maximum Gasteiger partial charge on any atom is 0.272 e. The van der Waals surface area contributed by atoms with Gasteiger partial charge in [-0.2, -0.15) is 0 Å². The van der Waals surface area contributed by atoms with Crippen LogP contribution in [0.25, 0.3) is 0 Å². The van der Waals surface area contributed by atoms with Gasteiger partial charge in [-0.05, 0) is 38.1 Å². The monoisotopic (exact) mass is 262 g/mol. The number of carbonyl (C=O) groups is 1. The second-order valence-electron chi connectivity index (χ2n) is 4.96. The van der Waals surface area contributed by atoms with Crippen molar-refractivity contribution in [3.8, 4) is 0 Å². The van der Waals surface area contributed by atoms with Crippen molar-refractivity contribution < 1.29 is 4.79 Å². The molecule has 0 atom stereocenters. The molecule has 104 valence electrons.